The summed E-state index contributed by atoms with van der Waals surface area (Å²) in [6.07, 6.45) is 5.79. The standard InChI is InChI=1S/C25H21NO5/c27-20-15-25(31-22-8-4-1-5-18(20)22)11-13-26(14-12-25)23(28)10-9-17-16-30-21-7-3-2-6-19(21)24(17)29/h1-10,16H,11-15H2/b10-9+. The molecular weight excluding hydrogens is 394 g/mol. The molecule has 31 heavy (non-hydrogen) atoms. The van der Waals surface area contributed by atoms with Gasteiger partial charge in [0, 0.05) is 32.0 Å². The number of amides is 1. The van der Waals surface area contributed by atoms with E-state index >= 15 is 0 Å². The van der Waals surface area contributed by atoms with Crippen LogP contribution in [-0.2, 0) is 4.79 Å². The third-order valence-corrected chi connectivity index (χ3v) is 6.10. The number of ketones is 1. The van der Waals surface area contributed by atoms with Crippen LogP contribution in [0.1, 0.15) is 35.2 Å². The Morgan fingerprint density at radius 3 is 2.58 bits per heavy atom. The highest BCUT2D eigenvalue weighted by Gasteiger charge is 2.43. The normalized spacial score (nSPS) is 17.7. The van der Waals surface area contributed by atoms with Crippen LogP contribution >= 0.6 is 0 Å². The Labute approximate surface area is 178 Å². The number of carbonyl (C=O) groups is 2. The molecule has 2 aliphatic heterocycles. The molecule has 0 atom stereocenters. The monoisotopic (exact) mass is 415 g/mol. The number of likely N-dealkylation sites (tertiary alicyclic amines) is 1. The first-order valence-electron chi connectivity index (χ1n) is 10.3. The van der Waals surface area contributed by atoms with Crippen molar-refractivity contribution in [3.05, 3.63) is 82.2 Å². The van der Waals surface area contributed by atoms with Crippen LogP contribution in [0.25, 0.3) is 17.0 Å². The first-order chi connectivity index (χ1) is 15.0. The van der Waals surface area contributed by atoms with E-state index < -0.39 is 5.60 Å². The first-order valence-corrected chi connectivity index (χ1v) is 10.3. The van der Waals surface area contributed by atoms with Crippen LogP contribution in [-0.4, -0.2) is 35.3 Å². The van der Waals surface area contributed by atoms with Crippen LogP contribution in [0.15, 0.2) is 70.1 Å². The van der Waals surface area contributed by atoms with Crippen molar-refractivity contribution >= 4 is 28.7 Å². The number of carbonyl (C=O) groups excluding carboxylic acids is 2. The minimum Gasteiger partial charge on any atom is -0.486 e. The molecular formula is C25H21NO5. The van der Waals surface area contributed by atoms with Gasteiger partial charge in [-0.05, 0) is 30.3 Å². The van der Waals surface area contributed by atoms with Gasteiger partial charge in [0.25, 0.3) is 0 Å². The van der Waals surface area contributed by atoms with Crippen molar-refractivity contribution in [2.75, 3.05) is 13.1 Å². The van der Waals surface area contributed by atoms with Crippen molar-refractivity contribution in [1.82, 2.24) is 4.90 Å². The number of ether oxygens (including phenoxy) is 1. The van der Waals surface area contributed by atoms with E-state index in [1.54, 1.807) is 35.2 Å². The quantitative estimate of drug-likeness (QED) is 0.595. The molecule has 0 unspecified atom stereocenters. The number of Topliss-reactive ketones (excluding diaryl/α,β-unsaturated/α-hetero) is 1. The van der Waals surface area contributed by atoms with Gasteiger partial charge in [-0.25, -0.2) is 0 Å². The van der Waals surface area contributed by atoms with Crippen LogP contribution in [0.2, 0.25) is 0 Å². The Kier molecular flexibility index (Phi) is 4.70. The molecule has 156 valence electrons. The van der Waals surface area contributed by atoms with Gasteiger partial charge in [0.1, 0.15) is 23.2 Å². The summed E-state index contributed by atoms with van der Waals surface area (Å²) in [5, 5.41) is 0.483. The highest BCUT2D eigenvalue weighted by Crippen LogP contribution is 2.39. The van der Waals surface area contributed by atoms with Crippen molar-refractivity contribution in [3.8, 4) is 5.75 Å². The zero-order valence-corrected chi connectivity index (χ0v) is 16.9. The smallest absolute Gasteiger partial charge is 0.246 e. The molecule has 0 radical (unpaired) electrons. The average Bonchev–Trinajstić information content (AvgIpc) is 2.79. The summed E-state index contributed by atoms with van der Waals surface area (Å²) in [6.45, 7) is 0.982. The fraction of sp³-hybridized carbons (Fsp3) is 0.240. The van der Waals surface area contributed by atoms with Crippen molar-refractivity contribution in [2.24, 2.45) is 0 Å². The maximum atomic E-state index is 12.7. The first kappa shape index (κ1) is 19.3. The number of hydrogen-bond acceptors (Lipinski definition) is 5. The Bertz CT molecular complexity index is 1260. The lowest BCUT2D eigenvalue weighted by Crippen LogP contribution is -2.52. The minimum absolute atomic E-state index is 0.0875. The Morgan fingerprint density at radius 1 is 1.00 bits per heavy atom. The highest BCUT2D eigenvalue weighted by molar-refractivity contribution is 6.00. The van der Waals surface area contributed by atoms with E-state index in [1.165, 1.54) is 18.4 Å². The fourth-order valence-corrected chi connectivity index (χ4v) is 4.33. The zero-order valence-electron chi connectivity index (χ0n) is 16.9. The van der Waals surface area contributed by atoms with Gasteiger partial charge in [0.2, 0.25) is 5.91 Å². The van der Waals surface area contributed by atoms with Crippen LogP contribution in [0.5, 0.6) is 5.75 Å². The number of para-hydroxylation sites is 2. The lowest BCUT2D eigenvalue weighted by Gasteiger charge is -2.43. The van der Waals surface area contributed by atoms with E-state index in [9.17, 15) is 14.4 Å². The molecule has 0 saturated carbocycles. The van der Waals surface area contributed by atoms with Crippen LogP contribution in [0.4, 0.5) is 0 Å². The zero-order chi connectivity index (χ0) is 21.4. The summed E-state index contributed by atoms with van der Waals surface area (Å²) in [4.78, 5) is 39.5. The van der Waals surface area contributed by atoms with E-state index in [0.29, 0.717) is 60.2 Å². The van der Waals surface area contributed by atoms with E-state index in [0.717, 1.165) is 0 Å². The van der Waals surface area contributed by atoms with Gasteiger partial charge in [-0.15, -0.1) is 0 Å². The van der Waals surface area contributed by atoms with Gasteiger partial charge in [-0.1, -0.05) is 24.3 Å². The summed E-state index contributed by atoms with van der Waals surface area (Å²) < 4.78 is 11.7. The van der Waals surface area contributed by atoms with Crippen molar-refractivity contribution < 1.29 is 18.7 Å². The van der Waals surface area contributed by atoms with E-state index in [4.69, 9.17) is 9.15 Å². The van der Waals surface area contributed by atoms with Gasteiger partial charge < -0.3 is 14.1 Å². The number of hydrogen-bond donors (Lipinski definition) is 0. The third kappa shape index (κ3) is 3.54. The molecule has 3 aromatic rings. The molecule has 0 aliphatic carbocycles. The number of rotatable bonds is 2. The summed E-state index contributed by atoms with van der Waals surface area (Å²) in [6, 6.07) is 14.3. The molecule has 1 saturated heterocycles. The van der Waals surface area contributed by atoms with Gasteiger partial charge in [-0.2, -0.15) is 0 Å². The second-order valence-electron chi connectivity index (χ2n) is 8.06. The molecule has 5 rings (SSSR count). The molecule has 0 bridgehead atoms. The Balaban J connectivity index is 1.27. The highest BCUT2D eigenvalue weighted by atomic mass is 16.5. The molecule has 1 aromatic heterocycles. The molecule has 0 N–H and O–H groups in total. The maximum absolute atomic E-state index is 12.7. The summed E-state index contributed by atoms with van der Waals surface area (Å²) in [5.74, 6) is 0.538. The summed E-state index contributed by atoms with van der Waals surface area (Å²) in [5.41, 5.74) is 0.755. The van der Waals surface area contributed by atoms with E-state index in [1.807, 2.05) is 18.2 Å². The van der Waals surface area contributed by atoms with E-state index in [2.05, 4.69) is 0 Å². The minimum atomic E-state index is -0.550. The van der Waals surface area contributed by atoms with Gasteiger partial charge >= 0.3 is 0 Å². The second kappa shape index (κ2) is 7.54. The topological polar surface area (TPSA) is 76.8 Å². The Morgan fingerprint density at radius 2 is 1.74 bits per heavy atom. The van der Waals surface area contributed by atoms with Gasteiger partial charge in [0.05, 0.1) is 22.9 Å². The summed E-state index contributed by atoms with van der Waals surface area (Å²) >= 11 is 0. The van der Waals surface area contributed by atoms with Crippen LogP contribution in [0.3, 0.4) is 0 Å². The SMILES string of the molecule is O=C1CC2(CCN(C(=O)/C=C/c3coc4ccccc4c3=O)CC2)Oc2ccccc21. The molecule has 1 spiro atoms. The number of piperidine rings is 1. The maximum Gasteiger partial charge on any atom is 0.246 e. The lowest BCUT2D eigenvalue weighted by atomic mass is 9.82. The summed E-state index contributed by atoms with van der Waals surface area (Å²) in [7, 11) is 0. The molecule has 6 heteroatoms. The molecule has 1 fully saturated rings. The number of benzene rings is 2. The van der Waals surface area contributed by atoms with E-state index in [-0.39, 0.29) is 17.1 Å². The molecule has 6 nitrogen and oxygen atoms in total. The van der Waals surface area contributed by atoms with Gasteiger partial charge in [0.15, 0.2) is 11.2 Å². The third-order valence-electron chi connectivity index (χ3n) is 6.10. The molecule has 2 aliphatic rings. The van der Waals surface area contributed by atoms with Crippen molar-refractivity contribution in [2.45, 2.75) is 24.9 Å². The molecule has 1 amide bonds. The Hall–Kier alpha value is -3.67. The number of fused-ring (bicyclic) bond motifs is 2. The molecule has 3 heterocycles. The van der Waals surface area contributed by atoms with Gasteiger partial charge in [-0.3, -0.25) is 14.4 Å². The van der Waals surface area contributed by atoms with Crippen molar-refractivity contribution in [3.63, 3.8) is 0 Å². The lowest BCUT2D eigenvalue weighted by molar-refractivity contribution is -0.129. The second-order valence-corrected chi connectivity index (χ2v) is 8.06. The van der Waals surface area contributed by atoms with Crippen LogP contribution < -0.4 is 10.2 Å². The predicted octanol–water partition coefficient (Wildman–Crippen LogP) is 3.83. The fourth-order valence-electron chi connectivity index (χ4n) is 4.33. The predicted molar refractivity (Wildman–Crippen MR) is 116 cm³/mol. The average molecular weight is 415 g/mol. The van der Waals surface area contributed by atoms with Crippen LogP contribution in [0, 0.1) is 0 Å². The molecule has 2 aromatic carbocycles. The van der Waals surface area contributed by atoms with Crippen molar-refractivity contribution in [1.29, 1.82) is 0 Å². The largest absolute Gasteiger partial charge is 0.486 e. The number of nitrogens with zero attached hydrogens (tertiary/aromatic N) is 1.